The normalized spacial score (nSPS) is 44.0. The van der Waals surface area contributed by atoms with Gasteiger partial charge in [0.2, 0.25) is 0 Å². The molecule has 1 amide bonds. The second-order valence-electron chi connectivity index (χ2n) is 8.78. The third-order valence-corrected chi connectivity index (χ3v) is 7.22. The molecular weight excluding hydrogens is 342 g/mol. The number of nitrogens with zero attached hydrogens (tertiary/aromatic N) is 1. The van der Waals surface area contributed by atoms with Crippen LogP contribution in [0.4, 0.5) is 0 Å². The molecule has 3 fully saturated rings. The fourth-order valence-corrected chi connectivity index (χ4v) is 5.75. The van der Waals surface area contributed by atoms with Crippen molar-refractivity contribution in [1.29, 1.82) is 0 Å². The molecule has 2 aliphatic carbocycles. The lowest BCUT2D eigenvalue weighted by Crippen LogP contribution is -2.41. The molecule has 1 N–H and O–H groups in total. The van der Waals surface area contributed by atoms with Crippen molar-refractivity contribution in [3.8, 4) is 0 Å². The second kappa shape index (κ2) is 6.33. The number of rotatable bonds is 2. The van der Waals surface area contributed by atoms with E-state index in [-0.39, 0.29) is 41.8 Å². The summed E-state index contributed by atoms with van der Waals surface area (Å²) < 4.78 is 6.35. The lowest BCUT2D eigenvalue weighted by molar-refractivity contribution is -0.126. The lowest BCUT2D eigenvalue weighted by Gasteiger charge is -2.45. The Kier molecular flexibility index (Phi) is 4.34. The van der Waals surface area contributed by atoms with E-state index in [1.807, 2.05) is 13.0 Å². The predicted octanol–water partition coefficient (Wildman–Crippen LogP) is 2.62. The number of fused-ring (bicyclic) bond motifs is 4. The molecule has 0 aromatic carbocycles. The Balaban J connectivity index is 1.88. The molecule has 0 radical (unpaired) electrons. The molecule has 5 nitrogen and oxygen atoms in total. The van der Waals surface area contributed by atoms with Gasteiger partial charge in [0, 0.05) is 18.4 Å². The van der Waals surface area contributed by atoms with E-state index in [1.54, 1.807) is 7.05 Å². The highest BCUT2D eigenvalue weighted by molar-refractivity contribution is 6.27. The van der Waals surface area contributed by atoms with Crippen LogP contribution in [-0.4, -0.2) is 47.5 Å². The molecule has 2 bridgehead atoms. The van der Waals surface area contributed by atoms with Gasteiger partial charge in [0.05, 0.1) is 6.61 Å². The molecular formula is C22H29NO4. The topological polar surface area (TPSA) is 66.8 Å². The average Bonchev–Trinajstić information content (AvgIpc) is 2.95. The minimum atomic E-state index is -0.799. The summed E-state index contributed by atoms with van der Waals surface area (Å²) >= 11 is 0. The van der Waals surface area contributed by atoms with Crippen LogP contribution in [-0.2, 0) is 14.3 Å². The van der Waals surface area contributed by atoms with Crippen LogP contribution >= 0.6 is 0 Å². The Morgan fingerprint density at radius 2 is 2.11 bits per heavy atom. The molecule has 4 aliphatic rings. The Hall–Kier alpha value is -1.88. The van der Waals surface area contributed by atoms with E-state index in [4.69, 9.17) is 4.74 Å². The molecule has 0 spiro atoms. The molecule has 5 heteroatoms. The zero-order valence-corrected chi connectivity index (χ0v) is 16.6. The van der Waals surface area contributed by atoms with Gasteiger partial charge < -0.3 is 14.7 Å². The van der Waals surface area contributed by atoms with E-state index in [0.717, 1.165) is 19.3 Å². The van der Waals surface area contributed by atoms with Crippen molar-refractivity contribution in [2.75, 3.05) is 13.7 Å². The zero-order chi connectivity index (χ0) is 19.5. The highest BCUT2D eigenvalue weighted by atomic mass is 16.5. The fraction of sp³-hybridized carbons (Fsp3) is 0.636. The van der Waals surface area contributed by atoms with Gasteiger partial charge in [0.15, 0.2) is 5.78 Å². The van der Waals surface area contributed by atoms with Crippen molar-refractivity contribution in [3.05, 3.63) is 35.1 Å². The van der Waals surface area contributed by atoms with Gasteiger partial charge in [0.25, 0.3) is 5.91 Å². The summed E-state index contributed by atoms with van der Waals surface area (Å²) in [6.07, 6.45) is 9.58. The van der Waals surface area contributed by atoms with E-state index >= 15 is 0 Å². The first-order valence-electron chi connectivity index (χ1n) is 10.0. The molecule has 0 unspecified atom stereocenters. The van der Waals surface area contributed by atoms with Crippen LogP contribution < -0.4 is 0 Å². The van der Waals surface area contributed by atoms with Gasteiger partial charge >= 0.3 is 0 Å². The SMILES string of the molecule is CC=C[C@@H]1[C@H]2C=C3C[C@H](C)CC[C@H]3[C@]1(C)C(=C1C(=O)[C@H](CO)N(C)C1=O)O2. The molecule has 0 aromatic heterocycles. The predicted molar refractivity (Wildman–Crippen MR) is 102 cm³/mol. The van der Waals surface area contributed by atoms with E-state index < -0.39 is 11.5 Å². The number of amides is 1. The number of aliphatic hydroxyl groups excluding tert-OH is 1. The first-order valence-corrected chi connectivity index (χ1v) is 10.0. The van der Waals surface area contributed by atoms with Crippen LogP contribution in [0.15, 0.2) is 35.1 Å². The zero-order valence-electron chi connectivity index (χ0n) is 16.6. The van der Waals surface area contributed by atoms with E-state index in [2.05, 4.69) is 26.0 Å². The molecule has 2 saturated heterocycles. The largest absolute Gasteiger partial charge is 0.488 e. The quantitative estimate of drug-likeness (QED) is 0.460. The van der Waals surface area contributed by atoms with Crippen LogP contribution in [0.3, 0.4) is 0 Å². The first-order chi connectivity index (χ1) is 12.8. The number of hydrogen-bond acceptors (Lipinski definition) is 4. The van der Waals surface area contributed by atoms with Gasteiger partial charge in [-0.1, -0.05) is 31.6 Å². The van der Waals surface area contributed by atoms with Gasteiger partial charge in [0.1, 0.15) is 23.5 Å². The molecule has 6 atom stereocenters. The van der Waals surface area contributed by atoms with Crippen molar-refractivity contribution in [3.63, 3.8) is 0 Å². The van der Waals surface area contributed by atoms with Crippen LogP contribution in [0.1, 0.15) is 40.0 Å². The van der Waals surface area contributed by atoms with Crippen LogP contribution in [0.5, 0.6) is 0 Å². The molecule has 1 saturated carbocycles. The summed E-state index contributed by atoms with van der Waals surface area (Å²) in [5.41, 5.74) is 1.18. The van der Waals surface area contributed by atoms with Crippen molar-refractivity contribution in [2.45, 2.75) is 52.2 Å². The maximum Gasteiger partial charge on any atom is 0.261 e. The van der Waals surface area contributed by atoms with Crippen molar-refractivity contribution in [2.24, 2.45) is 23.2 Å². The number of aliphatic hydroxyl groups is 1. The summed E-state index contributed by atoms with van der Waals surface area (Å²) in [4.78, 5) is 27.2. The Morgan fingerprint density at radius 3 is 2.74 bits per heavy atom. The molecule has 2 aliphatic heterocycles. The smallest absolute Gasteiger partial charge is 0.261 e. The molecule has 4 rings (SSSR count). The summed E-state index contributed by atoms with van der Waals surface area (Å²) in [5, 5.41) is 9.59. The Labute approximate surface area is 160 Å². The van der Waals surface area contributed by atoms with Gasteiger partial charge in [-0.15, -0.1) is 0 Å². The van der Waals surface area contributed by atoms with Crippen molar-refractivity contribution >= 4 is 11.7 Å². The number of carbonyl (C=O) groups is 2. The number of likely N-dealkylation sites (tertiary alicyclic amines) is 1. The van der Waals surface area contributed by atoms with Gasteiger partial charge in [-0.3, -0.25) is 9.59 Å². The number of hydrogen-bond donors (Lipinski definition) is 1. The van der Waals surface area contributed by atoms with E-state index in [9.17, 15) is 14.7 Å². The second-order valence-corrected chi connectivity index (χ2v) is 8.78. The number of Topliss-reactive ketones (excluding diaryl/α,β-unsaturated/α-hetero) is 1. The lowest BCUT2D eigenvalue weighted by atomic mass is 9.56. The van der Waals surface area contributed by atoms with Gasteiger partial charge in [-0.05, 0) is 44.1 Å². The molecule has 0 aromatic rings. The van der Waals surface area contributed by atoms with Crippen LogP contribution in [0.2, 0.25) is 0 Å². The highest BCUT2D eigenvalue weighted by Crippen LogP contribution is 2.62. The van der Waals surface area contributed by atoms with Crippen LogP contribution in [0.25, 0.3) is 0 Å². The highest BCUT2D eigenvalue weighted by Gasteiger charge is 2.61. The van der Waals surface area contributed by atoms with E-state index in [1.165, 1.54) is 10.5 Å². The number of likely N-dealkylation sites (N-methyl/N-ethyl adjacent to an activating group) is 1. The van der Waals surface area contributed by atoms with E-state index in [0.29, 0.717) is 11.7 Å². The third-order valence-electron chi connectivity index (χ3n) is 7.22. The number of allylic oxidation sites excluding steroid dienone is 3. The standard InChI is InChI=1S/C22H29NO4/c1-5-6-15-17-10-13-9-12(2)7-8-14(13)22(15,3)20(27-17)18-19(25)16(11-24)23(4)21(18)26/h5-6,10,12,14-17,24H,7-9,11H2,1-4H3/t12-,14-,15-,16+,17-,22+/m1/s1. The monoisotopic (exact) mass is 371 g/mol. The number of carbonyl (C=O) groups excluding carboxylic acids is 2. The molecule has 2 heterocycles. The van der Waals surface area contributed by atoms with Crippen molar-refractivity contribution in [1.82, 2.24) is 4.90 Å². The molecule has 27 heavy (non-hydrogen) atoms. The van der Waals surface area contributed by atoms with Crippen LogP contribution in [0, 0.1) is 23.2 Å². The summed E-state index contributed by atoms with van der Waals surface area (Å²) in [7, 11) is 1.58. The minimum Gasteiger partial charge on any atom is -0.488 e. The number of ether oxygens (including phenoxy) is 1. The Morgan fingerprint density at radius 1 is 1.37 bits per heavy atom. The maximum atomic E-state index is 13.0. The fourth-order valence-electron chi connectivity index (χ4n) is 5.75. The number of ketones is 1. The summed E-state index contributed by atoms with van der Waals surface area (Å²) in [6.45, 7) is 6.09. The third kappa shape index (κ3) is 2.40. The van der Waals surface area contributed by atoms with Gasteiger partial charge in [-0.25, -0.2) is 0 Å². The molecule has 146 valence electrons. The summed E-state index contributed by atoms with van der Waals surface area (Å²) in [6, 6.07) is -0.799. The average molecular weight is 371 g/mol. The Bertz CT molecular complexity index is 779. The van der Waals surface area contributed by atoms with Crippen molar-refractivity contribution < 1.29 is 19.4 Å². The minimum absolute atomic E-state index is 0.117. The van der Waals surface area contributed by atoms with Gasteiger partial charge in [-0.2, -0.15) is 0 Å². The first kappa shape index (κ1) is 18.5. The maximum absolute atomic E-state index is 13.0. The summed E-state index contributed by atoms with van der Waals surface area (Å²) in [5.74, 6) is 0.983.